The van der Waals surface area contributed by atoms with Gasteiger partial charge in [-0.1, -0.05) is 6.07 Å². The van der Waals surface area contributed by atoms with E-state index in [0.717, 1.165) is 24.4 Å². The Labute approximate surface area is 85.4 Å². The van der Waals surface area contributed by atoms with Gasteiger partial charge in [-0.25, -0.2) is 4.98 Å². The molecule has 0 N–H and O–H groups in total. The fraction of sp³-hybridized carbons (Fsp3) is 0.500. The van der Waals surface area contributed by atoms with Crippen molar-refractivity contribution in [2.24, 2.45) is 0 Å². The highest BCUT2D eigenvalue weighted by Gasteiger charge is 1.96. The number of pyridine rings is 1. The molecule has 0 aliphatic carbocycles. The summed E-state index contributed by atoms with van der Waals surface area (Å²) in [5.41, 5.74) is 1.29. The van der Waals surface area contributed by atoms with Gasteiger partial charge < -0.3 is 4.90 Å². The van der Waals surface area contributed by atoms with Crippen molar-refractivity contribution in [1.82, 2.24) is 4.98 Å². The van der Waals surface area contributed by atoms with E-state index in [0.29, 0.717) is 0 Å². The van der Waals surface area contributed by atoms with Crippen LogP contribution in [0.5, 0.6) is 0 Å². The molecule has 0 bridgehead atoms. The maximum atomic E-state index is 4.33. The number of aromatic nitrogens is 1. The monoisotopic (exact) mass is 196 g/mol. The van der Waals surface area contributed by atoms with Crippen molar-refractivity contribution in [2.75, 3.05) is 24.7 Å². The van der Waals surface area contributed by atoms with Crippen molar-refractivity contribution >= 4 is 18.4 Å². The second-order valence-corrected chi connectivity index (χ2v) is 3.69. The minimum Gasteiger partial charge on any atom is -0.363 e. The van der Waals surface area contributed by atoms with Crippen LogP contribution in [0.15, 0.2) is 18.3 Å². The molecule has 0 saturated heterocycles. The number of aryl methyl sites for hydroxylation is 1. The van der Waals surface area contributed by atoms with Crippen LogP contribution >= 0.6 is 12.6 Å². The smallest absolute Gasteiger partial charge is 0.127 e. The van der Waals surface area contributed by atoms with Gasteiger partial charge in [0.25, 0.3) is 0 Å². The van der Waals surface area contributed by atoms with Gasteiger partial charge in [0, 0.05) is 20.3 Å². The maximum Gasteiger partial charge on any atom is 0.127 e. The zero-order chi connectivity index (χ0) is 9.68. The minimum absolute atomic E-state index is 0.940. The molecule has 1 heterocycles. The first-order valence-electron chi connectivity index (χ1n) is 4.47. The SMILES string of the molecule is CN(C)c1ccc(CCCS)cn1. The lowest BCUT2D eigenvalue weighted by Crippen LogP contribution is -2.10. The van der Waals surface area contributed by atoms with Crippen LogP contribution in [0, 0.1) is 0 Å². The molecule has 0 amide bonds. The summed E-state index contributed by atoms with van der Waals surface area (Å²) >= 11 is 4.18. The molecule has 72 valence electrons. The Morgan fingerprint density at radius 1 is 1.38 bits per heavy atom. The first-order chi connectivity index (χ1) is 6.24. The fourth-order valence-electron chi connectivity index (χ4n) is 1.11. The third kappa shape index (κ3) is 3.27. The number of thiol groups is 1. The van der Waals surface area contributed by atoms with E-state index in [1.54, 1.807) is 0 Å². The highest BCUT2D eigenvalue weighted by atomic mass is 32.1. The molecule has 1 rings (SSSR count). The normalized spacial score (nSPS) is 10.1. The fourth-order valence-corrected chi connectivity index (χ4v) is 1.27. The lowest BCUT2D eigenvalue weighted by molar-refractivity contribution is 0.923. The van der Waals surface area contributed by atoms with E-state index in [2.05, 4.69) is 23.7 Å². The molecule has 3 heteroatoms. The van der Waals surface area contributed by atoms with E-state index in [1.165, 1.54) is 5.56 Å². The molecule has 0 aromatic carbocycles. The Morgan fingerprint density at radius 2 is 2.15 bits per heavy atom. The molecule has 0 atom stereocenters. The number of nitrogens with zero attached hydrogens (tertiary/aromatic N) is 2. The van der Waals surface area contributed by atoms with Crippen LogP contribution in [0.1, 0.15) is 12.0 Å². The van der Waals surface area contributed by atoms with E-state index in [-0.39, 0.29) is 0 Å². The van der Waals surface area contributed by atoms with Crippen LogP contribution in [0.2, 0.25) is 0 Å². The predicted molar refractivity (Wildman–Crippen MR) is 60.7 cm³/mol. The number of hydrogen-bond acceptors (Lipinski definition) is 3. The molecule has 13 heavy (non-hydrogen) atoms. The molecule has 2 nitrogen and oxygen atoms in total. The van der Waals surface area contributed by atoms with Crippen LogP contribution < -0.4 is 4.90 Å². The summed E-state index contributed by atoms with van der Waals surface area (Å²) in [6.45, 7) is 0. The van der Waals surface area contributed by atoms with Gasteiger partial charge in [-0.05, 0) is 30.2 Å². The van der Waals surface area contributed by atoms with Gasteiger partial charge >= 0.3 is 0 Å². The Hall–Kier alpha value is -0.700. The van der Waals surface area contributed by atoms with Gasteiger partial charge in [0.15, 0.2) is 0 Å². The summed E-state index contributed by atoms with van der Waals surface area (Å²) in [6, 6.07) is 4.18. The first-order valence-corrected chi connectivity index (χ1v) is 5.10. The standard InChI is InChI=1S/C10H16N2S/c1-12(2)10-6-5-9(8-11-10)4-3-7-13/h5-6,8,13H,3-4,7H2,1-2H3. The highest BCUT2D eigenvalue weighted by Crippen LogP contribution is 2.09. The molecule has 0 spiro atoms. The number of anilines is 1. The van der Waals surface area contributed by atoms with Crippen LogP contribution in [-0.4, -0.2) is 24.8 Å². The molecular formula is C10H16N2S. The van der Waals surface area contributed by atoms with Gasteiger partial charge in [-0.3, -0.25) is 0 Å². The Balaban J connectivity index is 2.59. The van der Waals surface area contributed by atoms with E-state index in [9.17, 15) is 0 Å². The zero-order valence-electron chi connectivity index (χ0n) is 8.20. The van der Waals surface area contributed by atoms with E-state index < -0.39 is 0 Å². The summed E-state index contributed by atoms with van der Waals surface area (Å²) < 4.78 is 0. The average molecular weight is 196 g/mol. The van der Waals surface area contributed by atoms with Crippen molar-refractivity contribution in [3.63, 3.8) is 0 Å². The third-order valence-corrected chi connectivity index (χ3v) is 2.21. The molecule has 1 aromatic rings. The molecule has 0 saturated carbocycles. The quantitative estimate of drug-likeness (QED) is 0.742. The molecule has 0 aliphatic rings. The molecule has 0 aliphatic heterocycles. The van der Waals surface area contributed by atoms with Gasteiger partial charge in [0.05, 0.1) is 0 Å². The second kappa shape index (κ2) is 5.12. The van der Waals surface area contributed by atoms with Gasteiger partial charge in [0.1, 0.15) is 5.82 Å². The van der Waals surface area contributed by atoms with Crippen molar-refractivity contribution in [1.29, 1.82) is 0 Å². The molecule has 0 unspecified atom stereocenters. The second-order valence-electron chi connectivity index (χ2n) is 3.25. The third-order valence-electron chi connectivity index (χ3n) is 1.89. The topological polar surface area (TPSA) is 16.1 Å². The molecule has 0 radical (unpaired) electrons. The molecular weight excluding hydrogens is 180 g/mol. The lowest BCUT2D eigenvalue weighted by atomic mass is 10.2. The van der Waals surface area contributed by atoms with E-state index in [1.807, 2.05) is 31.3 Å². The largest absolute Gasteiger partial charge is 0.363 e. The Morgan fingerprint density at radius 3 is 2.62 bits per heavy atom. The average Bonchev–Trinajstić information content (AvgIpc) is 2.15. The van der Waals surface area contributed by atoms with Gasteiger partial charge in [0.2, 0.25) is 0 Å². The van der Waals surface area contributed by atoms with Gasteiger partial charge in [-0.2, -0.15) is 12.6 Å². The number of rotatable bonds is 4. The van der Waals surface area contributed by atoms with E-state index in [4.69, 9.17) is 0 Å². The van der Waals surface area contributed by atoms with Crippen molar-refractivity contribution in [3.8, 4) is 0 Å². The minimum atomic E-state index is 0.940. The summed E-state index contributed by atoms with van der Waals surface area (Å²) in [7, 11) is 3.99. The zero-order valence-corrected chi connectivity index (χ0v) is 9.09. The summed E-state index contributed by atoms with van der Waals surface area (Å²) in [5.74, 6) is 1.95. The van der Waals surface area contributed by atoms with E-state index >= 15 is 0 Å². The summed E-state index contributed by atoms with van der Waals surface area (Å²) in [6.07, 6.45) is 4.13. The maximum absolute atomic E-state index is 4.33. The Bertz CT molecular complexity index is 244. The Kier molecular flexibility index (Phi) is 4.09. The van der Waals surface area contributed by atoms with Crippen LogP contribution in [0.4, 0.5) is 5.82 Å². The van der Waals surface area contributed by atoms with Crippen molar-refractivity contribution < 1.29 is 0 Å². The molecule has 0 fully saturated rings. The highest BCUT2D eigenvalue weighted by molar-refractivity contribution is 7.80. The van der Waals surface area contributed by atoms with Crippen LogP contribution in [-0.2, 0) is 6.42 Å². The number of hydrogen-bond donors (Lipinski definition) is 1. The predicted octanol–water partition coefficient (Wildman–Crippen LogP) is 2.01. The van der Waals surface area contributed by atoms with Crippen LogP contribution in [0.3, 0.4) is 0 Å². The molecule has 1 aromatic heterocycles. The van der Waals surface area contributed by atoms with Crippen LogP contribution in [0.25, 0.3) is 0 Å². The van der Waals surface area contributed by atoms with Gasteiger partial charge in [-0.15, -0.1) is 0 Å². The first kappa shape index (κ1) is 10.4. The summed E-state index contributed by atoms with van der Waals surface area (Å²) in [5, 5.41) is 0. The lowest BCUT2D eigenvalue weighted by Gasteiger charge is -2.10. The summed E-state index contributed by atoms with van der Waals surface area (Å²) in [4.78, 5) is 6.33. The van der Waals surface area contributed by atoms with Crippen molar-refractivity contribution in [2.45, 2.75) is 12.8 Å². The van der Waals surface area contributed by atoms with Crippen molar-refractivity contribution in [3.05, 3.63) is 23.9 Å².